The van der Waals surface area contributed by atoms with Crippen molar-refractivity contribution in [1.82, 2.24) is 0 Å². The molecule has 0 spiro atoms. The number of carbonyl (C=O) groups excluding carboxylic acids is 2. The fraction of sp³-hybridized carbons (Fsp3) is 0.312. The number of Topliss-reactive ketones (excluding diaryl/α,β-unsaturated/α-hetero) is 1. The summed E-state index contributed by atoms with van der Waals surface area (Å²) in [5.74, 6) is -0.243. The summed E-state index contributed by atoms with van der Waals surface area (Å²) < 4.78 is 11.2. The lowest BCUT2D eigenvalue weighted by Gasteiger charge is -2.27. The molecule has 1 heterocycles. The largest absolute Gasteiger partial charge is 0.507 e. The Morgan fingerprint density at radius 3 is 2.26 bits per heavy atom. The molecular weight excluding hydrogens is 492 g/mol. The SMILES string of the molecule is CCN(CC)c1ccc(C2/C(=C(\O)c3cccc(OCC(C)C)c3)C(=O)C(=O)N2c2cccc(OC)c2)cc1. The summed E-state index contributed by atoms with van der Waals surface area (Å²) in [6.07, 6.45) is 0. The average Bonchev–Trinajstić information content (AvgIpc) is 3.22. The summed E-state index contributed by atoms with van der Waals surface area (Å²) in [6, 6.07) is 20.9. The summed E-state index contributed by atoms with van der Waals surface area (Å²) >= 11 is 0. The number of amides is 1. The number of methoxy groups -OCH3 is 1. The van der Waals surface area contributed by atoms with Gasteiger partial charge in [0.15, 0.2) is 0 Å². The van der Waals surface area contributed by atoms with Crippen LogP contribution in [0.1, 0.15) is 44.9 Å². The first-order valence-electron chi connectivity index (χ1n) is 13.3. The van der Waals surface area contributed by atoms with E-state index in [1.165, 1.54) is 4.90 Å². The van der Waals surface area contributed by atoms with E-state index in [1.54, 1.807) is 55.6 Å². The molecule has 1 N–H and O–H groups in total. The van der Waals surface area contributed by atoms with Crippen LogP contribution < -0.4 is 19.3 Å². The average molecular weight is 529 g/mol. The molecule has 1 atom stereocenters. The molecule has 7 heteroatoms. The maximum atomic E-state index is 13.5. The van der Waals surface area contributed by atoms with Crippen LogP contribution in [-0.4, -0.2) is 43.6 Å². The topological polar surface area (TPSA) is 79.3 Å². The van der Waals surface area contributed by atoms with Crippen molar-refractivity contribution in [3.8, 4) is 11.5 Å². The fourth-order valence-electron chi connectivity index (χ4n) is 4.78. The molecule has 204 valence electrons. The second kappa shape index (κ2) is 12.1. The number of ketones is 1. The van der Waals surface area contributed by atoms with E-state index < -0.39 is 17.7 Å². The normalized spacial score (nSPS) is 16.6. The number of aliphatic hydroxyl groups is 1. The lowest BCUT2D eigenvalue weighted by Crippen LogP contribution is -2.29. The molecule has 1 unspecified atom stereocenters. The molecule has 1 saturated heterocycles. The monoisotopic (exact) mass is 528 g/mol. The first-order chi connectivity index (χ1) is 18.8. The van der Waals surface area contributed by atoms with Crippen molar-refractivity contribution in [2.45, 2.75) is 33.7 Å². The molecule has 4 rings (SSSR count). The molecule has 3 aromatic rings. The third kappa shape index (κ3) is 5.77. The molecule has 0 aromatic heterocycles. The maximum absolute atomic E-state index is 13.5. The number of aliphatic hydroxyl groups excluding tert-OH is 1. The quantitative estimate of drug-likeness (QED) is 0.192. The van der Waals surface area contributed by atoms with E-state index in [0.717, 1.165) is 18.8 Å². The van der Waals surface area contributed by atoms with Gasteiger partial charge < -0.3 is 19.5 Å². The third-order valence-electron chi connectivity index (χ3n) is 6.80. The number of nitrogens with zero attached hydrogens (tertiary/aromatic N) is 2. The molecule has 7 nitrogen and oxygen atoms in total. The minimum atomic E-state index is -0.830. The Kier molecular flexibility index (Phi) is 8.59. The van der Waals surface area contributed by atoms with Crippen LogP contribution in [0.5, 0.6) is 11.5 Å². The van der Waals surface area contributed by atoms with Crippen LogP contribution >= 0.6 is 0 Å². The molecule has 1 aliphatic rings. The molecule has 1 amide bonds. The Bertz CT molecular complexity index is 1360. The van der Waals surface area contributed by atoms with Gasteiger partial charge in [-0.1, -0.05) is 44.2 Å². The number of ether oxygens (including phenoxy) is 2. The first-order valence-corrected chi connectivity index (χ1v) is 13.3. The van der Waals surface area contributed by atoms with Gasteiger partial charge in [-0.15, -0.1) is 0 Å². The van der Waals surface area contributed by atoms with E-state index >= 15 is 0 Å². The molecule has 0 aliphatic carbocycles. The summed E-state index contributed by atoms with van der Waals surface area (Å²) in [4.78, 5) is 30.7. The Hall–Kier alpha value is -4.26. The molecule has 0 saturated carbocycles. The Balaban J connectivity index is 1.86. The highest BCUT2D eigenvalue weighted by atomic mass is 16.5. The summed E-state index contributed by atoms with van der Waals surface area (Å²) in [6.45, 7) is 10.5. The van der Waals surface area contributed by atoms with Crippen molar-refractivity contribution >= 4 is 28.8 Å². The number of benzene rings is 3. The van der Waals surface area contributed by atoms with Crippen molar-refractivity contribution in [3.05, 3.63) is 89.5 Å². The third-order valence-corrected chi connectivity index (χ3v) is 6.80. The van der Waals surface area contributed by atoms with Crippen LogP contribution in [0.15, 0.2) is 78.4 Å². The lowest BCUT2D eigenvalue weighted by molar-refractivity contribution is -0.132. The second-order valence-corrected chi connectivity index (χ2v) is 9.87. The van der Waals surface area contributed by atoms with Gasteiger partial charge in [-0.25, -0.2) is 0 Å². The van der Waals surface area contributed by atoms with E-state index in [9.17, 15) is 14.7 Å². The van der Waals surface area contributed by atoms with Gasteiger partial charge in [0.05, 0.1) is 25.3 Å². The van der Waals surface area contributed by atoms with Crippen molar-refractivity contribution in [1.29, 1.82) is 0 Å². The zero-order chi connectivity index (χ0) is 28.1. The summed E-state index contributed by atoms with van der Waals surface area (Å²) in [5.41, 5.74) is 2.69. The van der Waals surface area contributed by atoms with E-state index in [0.29, 0.717) is 40.8 Å². The zero-order valence-corrected chi connectivity index (χ0v) is 23.2. The number of hydrogen-bond donors (Lipinski definition) is 1. The second-order valence-electron chi connectivity index (χ2n) is 9.87. The number of hydrogen-bond acceptors (Lipinski definition) is 6. The predicted molar refractivity (Wildman–Crippen MR) is 155 cm³/mol. The zero-order valence-electron chi connectivity index (χ0n) is 23.2. The van der Waals surface area contributed by atoms with E-state index in [-0.39, 0.29) is 11.3 Å². The van der Waals surface area contributed by atoms with Crippen LogP contribution in [0.2, 0.25) is 0 Å². The molecule has 3 aromatic carbocycles. The van der Waals surface area contributed by atoms with Crippen LogP contribution in [0, 0.1) is 5.92 Å². The van der Waals surface area contributed by atoms with E-state index in [2.05, 4.69) is 32.6 Å². The minimum Gasteiger partial charge on any atom is -0.507 e. The highest BCUT2D eigenvalue weighted by Crippen LogP contribution is 2.43. The van der Waals surface area contributed by atoms with Crippen molar-refractivity contribution in [3.63, 3.8) is 0 Å². The van der Waals surface area contributed by atoms with Gasteiger partial charge in [-0.2, -0.15) is 0 Å². The van der Waals surface area contributed by atoms with Crippen LogP contribution in [-0.2, 0) is 9.59 Å². The smallest absolute Gasteiger partial charge is 0.300 e. The Labute approximate surface area is 230 Å². The molecule has 1 fully saturated rings. The van der Waals surface area contributed by atoms with E-state index in [1.807, 2.05) is 24.3 Å². The number of anilines is 2. The number of rotatable bonds is 10. The van der Waals surface area contributed by atoms with Gasteiger partial charge in [0.1, 0.15) is 17.3 Å². The molecule has 1 aliphatic heterocycles. The molecule has 0 radical (unpaired) electrons. The minimum absolute atomic E-state index is 0.0272. The van der Waals surface area contributed by atoms with E-state index in [4.69, 9.17) is 9.47 Å². The maximum Gasteiger partial charge on any atom is 0.300 e. The van der Waals surface area contributed by atoms with Crippen LogP contribution in [0.4, 0.5) is 11.4 Å². The fourth-order valence-corrected chi connectivity index (χ4v) is 4.78. The first kappa shape index (κ1) is 27.8. The lowest BCUT2D eigenvalue weighted by atomic mass is 9.94. The highest BCUT2D eigenvalue weighted by Gasteiger charge is 2.47. The standard InChI is InChI=1S/C32H36N2O5/c1-6-33(7-2)24-16-14-22(15-17-24)29-28(30(35)23-10-8-13-27(18-23)39-20-21(3)4)31(36)32(37)34(29)25-11-9-12-26(19-25)38-5/h8-19,21,29,35H,6-7,20H2,1-5H3/b30-28+. The van der Waals surface area contributed by atoms with Gasteiger partial charge in [-0.05, 0) is 61.7 Å². The van der Waals surface area contributed by atoms with Gasteiger partial charge >= 0.3 is 0 Å². The van der Waals surface area contributed by atoms with Crippen LogP contribution in [0.25, 0.3) is 5.76 Å². The molecule has 39 heavy (non-hydrogen) atoms. The van der Waals surface area contributed by atoms with Crippen molar-refractivity contribution in [2.24, 2.45) is 5.92 Å². The molecular formula is C32H36N2O5. The summed E-state index contributed by atoms with van der Waals surface area (Å²) in [5, 5.41) is 11.5. The van der Waals surface area contributed by atoms with Crippen molar-refractivity contribution < 1.29 is 24.2 Å². The van der Waals surface area contributed by atoms with Gasteiger partial charge in [0.2, 0.25) is 0 Å². The molecule has 0 bridgehead atoms. The van der Waals surface area contributed by atoms with Gasteiger partial charge in [-0.3, -0.25) is 14.5 Å². The van der Waals surface area contributed by atoms with Crippen molar-refractivity contribution in [2.75, 3.05) is 36.6 Å². The van der Waals surface area contributed by atoms with Crippen LogP contribution in [0.3, 0.4) is 0 Å². The Morgan fingerprint density at radius 1 is 0.949 bits per heavy atom. The highest BCUT2D eigenvalue weighted by molar-refractivity contribution is 6.51. The number of carbonyl (C=O) groups is 2. The Morgan fingerprint density at radius 2 is 1.62 bits per heavy atom. The van der Waals surface area contributed by atoms with Gasteiger partial charge in [0, 0.05) is 36.1 Å². The predicted octanol–water partition coefficient (Wildman–Crippen LogP) is 6.20. The van der Waals surface area contributed by atoms with Gasteiger partial charge in [0.25, 0.3) is 11.7 Å². The summed E-state index contributed by atoms with van der Waals surface area (Å²) in [7, 11) is 1.55.